The summed E-state index contributed by atoms with van der Waals surface area (Å²) in [4.78, 5) is 0. The van der Waals surface area contributed by atoms with Crippen molar-refractivity contribution in [2.75, 3.05) is 0 Å². The second-order valence-electron chi connectivity index (χ2n) is 6.18. The highest BCUT2D eigenvalue weighted by molar-refractivity contribution is 5.56. The van der Waals surface area contributed by atoms with E-state index in [9.17, 15) is 0 Å². The Kier molecular flexibility index (Phi) is 3.12. The maximum Gasteiger partial charge on any atom is 0.268 e. The quantitative estimate of drug-likeness (QED) is 0.777. The van der Waals surface area contributed by atoms with Crippen molar-refractivity contribution in [1.29, 1.82) is 0 Å². The summed E-state index contributed by atoms with van der Waals surface area (Å²) in [5.74, 6) is 0.931. The second-order valence-corrected chi connectivity index (χ2v) is 6.18. The molecule has 5 heteroatoms. The van der Waals surface area contributed by atoms with Gasteiger partial charge < -0.3 is 4.42 Å². The summed E-state index contributed by atoms with van der Waals surface area (Å²) >= 11 is 0. The van der Waals surface area contributed by atoms with E-state index in [0.717, 1.165) is 11.3 Å². The van der Waals surface area contributed by atoms with Gasteiger partial charge in [0.05, 0.1) is 0 Å². The minimum Gasteiger partial charge on any atom is -0.415 e. The van der Waals surface area contributed by atoms with E-state index in [0.29, 0.717) is 17.5 Å². The fourth-order valence-corrected chi connectivity index (χ4v) is 2.08. The summed E-state index contributed by atoms with van der Waals surface area (Å²) in [6.07, 6.45) is 0. The van der Waals surface area contributed by atoms with Crippen LogP contribution in [0.15, 0.2) is 34.7 Å². The number of hydrogen-bond acceptors (Lipinski definition) is 4. The number of H-pyrrole nitrogens is 1. The Hall–Kier alpha value is -2.43. The Bertz CT molecular complexity index is 747. The fraction of sp³-hybridized carbons (Fsp3) is 0.312. The van der Waals surface area contributed by atoms with Gasteiger partial charge in [-0.15, -0.1) is 10.2 Å². The maximum absolute atomic E-state index is 5.69. The number of benzene rings is 1. The predicted octanol–water partition coefficient (Wildman–Crippen LogP) is 3.73. The molecule has 0 saturated heterocycles. The van der Waals surface area contributed by atoms with Gasteiger partial charge in [0.15, 0.2) is 0 Å². The zero-order chi connectivity index (χ0) is 15.0. The standard InChI is InChI=1S/C16H18N4O/c1-10-9-13(18-17-10)15-20-19-14(21-15)11-5-7-12(8-6-11)16(2,3)4/h5-9H,1-4H3,(H,17,18). The van der Waals surface area contributed by atoms with E-state index in [2.05, 4.69) is 53.3 Å². The zero-order valence-corrected chi connectivity index (χ0v) is 12.6. The number of rotatable bonds is 2. The molecule has 3 rings (SSSR count). The maximum atomic E-state index is 5.69. The molecule has 0 aliphatic rings. The van der Waals surface area contributed by atoms with Crippen LogP contribution in [0.4, 0.5) is 0 Å². The third-order valence-electron chi connectivity index (χ3n) is 3.35. The monoisotopic (exact) mass is 282 g/mol. The average molecular weight is 282 g/mol. The van der Waals surface area contributed by atoms with E-state index in [1.165, 1.54) is 5.56 Å². The molecular weight excluding hydrogens is 264 g/mol. The number of aromatic nitrogens is 4. The Morgan fingerprint density at radius 2 is 1.67 bits per heavy atom. The highest BCUT2D eigenvalue weighted by atomic mass is 16.4. The molecule has 0 aliphatic carbocycles. The Morgan fingerprint density at radius 3 is 2.24 bits per heavy atom. The second kappa shape index (κ2) is 4.84. The normalized spacial score (nSPS) is 11.8. The molecule has 0 saturated carbocycles. The van der Waals surface area contributed by atoms with Crippen molar-refractivity contribution in [3.63, 3.8) is 0 Å². The topological polar surface area (TPSA) is 67.6 Å². The third-order valence-corrected chi connectivity index (χ3v) is 3.35. The van der Waals surface area contributed by atoms with Crippen molar-refractivity contribution < 1.29 is 4.42 Å². The summed E-state index contributed by atoms with van der Waals surface area (Å²) in [6.45, 7) is 8.49. The van der Waals surface area contributed by atoms with Gasteiger partial charge in [0.1, 0.15) is 5.69 Å². The van der Waals surface area contributed by atoms with Crippen LogP contribution in [0.5, 0.6) is 0 Å². The van der Waals surface area contributed by atoms with E-state index >= 15 is 0 Å². The van der Waals surface area contributed by atoms with E-state index in [4.69, 9.17) is 4.42 Å². The van der Waals surface area contributed by atoms with Gasteiger partial charge in [-0.05, 0) is 36.1 Å². The van der Waals surface area contributed by atoms with Gasteiger partial charge in [-0.1, -0.05) is 32.9 Å². The Morgan fingerprint density at radius 1 is 1.00 bits per heavy atom. The molecule has 3 aromatic rings. The Labute approximate surface area is 123 Å². The number of nitrogens with zero attached hydrogens (tertiary/aromatic N) is 3. The molecule has 0 fully saturated rings. The molecule has 0 aliphatic heterocycles. The summed E-state index contributed by atoms with van der Waals surface area (Å²) in [7, 11) is 0. The molecular formula is C16H18N4O. The molecule has 0 bridgehead atoms. The van der Waals surface area contributed by atoms with Gasteiger partial charge in [-0.3, -0.25) is 5.10 Å². The molecule has 1 N–H and O–H groups in total. The van der Waals surface area contributed by atoms with Crippen LogP contribution in [0, 0.1) is 6.92 Å². The Balaban J connectivity index is 1.90. The van der Waals surface area contributed by atoms with E-state index in [1.54, 1.807) is 0 Å². The molecule has 2 aromatic heterocycles. The number of aromatic amines is 1. The lowest BCUT2D eigenvalue weighted by atomic mass is 9.87. The van der Waals surface area contributed by atoms with E-state index in [1.807, 2.05) is 25.1 Å². The number of aryl methyl sites for hydroxylation is 1. The summed E-state index contributed by atoms with van der Waals surface area (Å²) in [6, 6.07) is 10.1. The van der Waals surface area contributed by atoms with Gasteiger partial charge in [-0.25, -0.2) is 0 Å². The first-order valence-corrected chi connectivity index (χ1v) is 6.90. The van der Waals surface area contributed by atoms with Gasteiger partial charge in [0.25, 0.3) is 5.89 Å². The first-order valence-electron chi connectivity index (χ1n) is 6.90. The molecule has 2 heterocycles. The minimum absolute atomic E-state index is 0.130. The van der Waals surface area contributed by atoms with Crippen molar-refractivity contribution in [2.45, 2.75) is 33.1 Å². The van der Waals surface area contributed by atoms with Crippen LogP contribution in [0.1, 0.15) is 32.0 Å². The lowest BCUT2D eigenvalue weighted by Gasteiger charge is -2.18. The summed E-state index contributed by atoms with van der Waals surface area (Å²) in [5.41, 5.74) is 3.94. The highest BCUT2D eigenvalue weighted by Crippen LogP contribution is 2.27. The first-order chi connectivity index (χ1) is 9.93. The van der Waals surface area contributed by atoms with Gasteiger partial charge in [0, 0.05) is 11.3 Å². The lowest BCUT2D eigenvalue weighted by Crippen LogP contribution is -2.10. The summed E-state index contributed by atoms with van der Waals surface area (Å²) in [5, 5.41) is 15.1. The average Bonchev–Trinajstić information content (AvgIpc) is 3.06. The molecule has 0 unspecified atom stereocenters. The van der Waals surface area contributed by atoms with Crippen LogP contribution in [-0.4, -0.2) is 20.4 Å². The van der Waals surface area contributed by atoms with E-state index in [-0.39, 0.29) is 5.41 Å². The van der Waals surface area contributed by atoms with Crippen LogP contribution in [0.25, 0.3) is 23.0 Å². The first kappa shape index (κ1) is 13.5. The lowest BCUT2D eigenvalue weighted by molar-refractivity contribution is 0.580. The largest absolute Gasteiger partial charge is 0.415 e. The van der Waals surface area contributed by atoms with Gasteiger partial charge >= 0.3 is 0 Å². The smallest absolute Gasteiger partial charge is 0.268 e. The molecule has 108 valence electrons. The number of hydrogen-bond donors (Lipinski definition) is 1. The number of nitrogens with one attached hydrogen (secondary N) is 1. The highest BCUT2D eigenvalue weighted by Gasteiger charge is 2.15. The van der Waals surface area contributed by atoms with Crippen LogP contribution >= 0.6 is 0 Å². The van der Waals surface area contributed by atoms with Crippen LogP contribution in [-0.2, 0) is 5.41 Å². The molecule has 5 nitrogen and oxygen atoms in total. The van der Waals surface area contributed by atoms with Crippen molar-refractivity contribution in [2.24, 2.45) is 0 Å². The minimum atomic E-state index is 0.130. The van der Waals surface area contributed by atoms with Crippen LogP contribution in [0.3, 0.4) is 0 Å². The molecule has 0 spiro atoms. The van der Waals surface area contributed by atoms with Crippen molar-refractivity contribution >= 4 is 0 Å². The summed E-state index contributed by atoms with van der Waals surface area (Å²) < 4.78 is 5.69. The molecule has 0 radical (unpaired) electrons. The zero-order valence-electron chi connectivity index (χ0n) is 12.6. The van der Waals surface area contributed by atoms with Crippen molar-refractivity contribution in [1.82, 2.24) is 20.4 Å². The van der Waals surface area contributed by atoms with E-state index < -0.39 is 0 Å². The van der Waals surface area contributed by atoms with Gasteiger partial charge in [0.2, 0.25) is 5.89 Å². The van der Waals surface area contributed by atoms with Crippen molar-refractivity contribution in [3.8, 4) is 23.0 Å². The van der Waals surface area contributed by atoms with Crippen LogP contribution < -0.4 is 0 Å². The predicted molar refractivity (Wildman–Crippen MR) is 80.8 cm³/mol. The molecule has 0 atom stereocenters. The molecule has 1 aromatic carbocycles. The van der Waals surface area contributed by atoms with Crippen molar-refractivity contribution in [3.05, 3.63) is 41.6 Å². The van der Waals surface area contributed by atoms with Crippen LogP contribution in [0.2, 0.25) is 0 Å². The van der Waals surface area contributed by atoms with Gasteiger partial charge in [-0.2, -0.15) is 5.10 Å². The SMILES string of the molecule is Cc1cc(-c2nnc(-c3ccc(C(C)(C)C)cc3)o2)n[nH]1. The fourth-order valence-electron chi connectivity index (χ4n) is 2.08. The third kappa shape index (κ3) is 2.72. The molecule has 21 heavy (non-hydrogen) atoms. The molecule has 0 amide bonds.